The number of aliphatic hydroxyl groups excluding tert-OH is 1. The van der Waals surface area contributed by atoms with Gasteiger partial charge in [-0.2, -0.15) is 0 Å². The molecule has 0 saturated carbocycles. The minimum atomic E-state index is -0.148. The van der Waals surface area contributed by atoms with Crippen LogP contribution in [0.5, 0.6) is 0 Å². The van der Waals surface area contributed by atoms with E-state index in [0.717, 1.165) is 11.1 Å². The van der Waals surface area contributed by atoms with Gasteiger partial charge in [-0.1, -0.05) is 36.4 Å². The summed E-state index contributed by atoms with van der Waals surface area (Å²) in [5.41, 5.74) is 2.73. The van der Waals surface area contributed by atoms with Gasteiger partial charge < -0.3 is 5.11 Å². The van der Waals surface area contributed by atoms with Crippen LogP contribution in [0.3, 0.4) is 0 Å². The Hall–Kier alpha value is -2.39. The highest BCUT2D eigenvalue weighted by Gasteiger charge is 2.11. The second kappa shape index (κ2) is 4.71. The Morgan fingerprint density at radius 3 is 2.47 bits per heavy atom. The summed E-state index contributed by atoms with van der Waals surface area (Å²) in [5, 5.41) is 9.52. The van der Waals surface area contributed by atoms with Crippen LogP contribution >= 0.6 is 0 Å². The van der Waals surface area contributed by atoms with Crippen LogP contribution in [0.1, 0.15) is 5.56 Å². The van der Waals surface area contributed by atoms with E-state index >= 15 is 0 Å². The molecular formula is C16H13NO2. The second-order valence-corrected chi connectivity index (χ2v) is 4.37. The van der Waals surface area contributed by atoms with Gasteiger partial charge in [0.1, 0.15) is 0 Å². The zero-order valence-corrected chi connectivity index (χ0v) is 10.3. The fourth-order valence-corrected chi connectivity index (χ4v) is 2.31. The molecule has 0 fully saturated rings. The van der Waals surface area contributed by atoms with Crippen LogP contribution < -0.4 is 5.56 Å². The molecule has 0 bridgehead atoms. The first kappa shape index (κ1) is 11.7. The van der Waals surface area contributed by atoms with Crippen LogP contribution in [0.4, 0.5) is 0 Å². The fourth-order valence-electron chi connectivity index (χ4n) is 2.31. The highest BCUT2D eigenvalue weighted by Crippen LogP contribution is 2.21. The third-order valence-corrected chi connectivity index (χ3v) is 3.20. The van der Waals surface area contributed by atoms with Gasteiger partial charge in [0.2, 0.25) is 0 Å². The third-order valence-electron chi connectivity index (χ3n) is 3.20. The number of aliphatic hydroxyl groups is 1. The summed E-state index contributed by atoms with van der Waals surface area (Å²) in [4.78, 5) is 12.6. The number of rotatable bonds is 2. The Bertz CT molecular complexity index is 776. The molecule has 19 heavy (non-hydrogen) atoms. The van der Waals surface area contributed by atoms with Crippen molar-refractivity contribution in [2.24, 2.45) is 0 Å². The zero-order valence-electron chi connectivity index (χ0n) is 10.3. The summed E-state index contributed by atoms with van der Waals surface area (Å²) >= 11 is 0. The minimum absolute atomic E-state index is 0.103. The Kier molecular flexibility index (Phi) is 2.89. The molecule has 3 heteroatoms. The van der Waals surface area contributed by atoms with Crippen LogP contribution in [0.15, 0.2) is 65.6 Å². The van der Waals surface area contributed by atoms with Crippen LogP contribution in [0.2, 0.25) is 0 Å². The summed E-state index contributed by atoms with van der Waals surface area (Å²) in [6.45, 7) is -0.148. The average molecular weight is 251 g/mol. The van der Waals surface area contributed by atoms with E-state index in [-0.39, 0.29) is 12.2 Å². The number of aromatic nitrogens is 1. The van der Waals surface area contributed by atoms with Crippen molar-refractivity contribution in [3.63, 3.8) is 0 Å². The van der Waals surface area contributed by atoms with Gasteiger partial charge in [-0.25, -0.2) is 0 Å². The van der Waals surface area contributed by atoms with Gasteiger partial charge in [-0.05, 0) is 29.3 Å². The lowest BCUT2D eigenvalue weighted by Crippen LogP contribution is -2.17. The van der Waals surface area contributed by atoms with E-state index in [2.05, 4.69) is 0 Å². The Labute approximate surface area is 110 Å². The highest BCUT2D eigenvalue weighted by atomic mass is 16.3. The maximum Gasteiger partial charge on any atom is 0.263 e. The van der Waals surface area contributed by atoms with Gasteiger partial charge in [0, 0.05) is 11.7 Å². The molecule has 0 aliphatic heterocycles. The predicted octanol–water partition coefficient (Wildman–Crippen LogP) is 2.46. The predicted molar refractivity (Wildman–Crippen MR) is 75.0 cm³/mol. The SMILES string of the molecule is O=c1c(-c2ccccc2)c(CO)cc2ccccn12. The molecular weight excluding hydrogens is 238 g/mol. The Morgan fingerprint density at radius 1 is 1.00 bits per heavy atom. The zero-order chi connectivity index (χ0) is 13.2. The fraction of sp³-hybridized carbons (Fsp3) is 0.0625. The molecule has 1 aromatic carbocycles. The summed E-state index contributed by atoms with van der Waals surface area (Å²) in [5.74, 6) is 0. The molecule has 0 aliphatic rings. The van der Waals surface area contributed by atoms with Gasteiger partial charge in [-0.3, -0.25) is 9.20 Å². The van der Waals surface area contributed by atoms with Crippen LogP contribution in [0, 0.1) is 0 Å². The lowest BCUT2D eigenvalue weighted by molar-refractivity contribution is 0.282. The number of fused-ring (bicyclic) bond motifs is 1. The largest absolute Gasteiger partial charge is 0.392 e. The molecule has 1 N–H and O–H groups in total. The summed E-state index contributed by atoms with van der Waals surface area (Å²) in [7, 11) is 0. The Balaban J connectivity index is 2.41. The highest BCUT2D eigenvalue weighted by molar-refractivity contribution is 5.69. The first-order chi connectivity index (χ1) is 9.31. The molecule has 3 nitrogen and oxygen atoms in total. The average Bonchev–Trinajstić information content (AvgIpc) is 2.48. The van der Waals surface area contributed by atoms with Crippen LogP contribution in [0.25, 0.3) is 16.6 Å². The van der Waals surface area contributed by atoms with Crippen LogP contribution in [-0.2, 0) is 6.61 Å². The van der Waals surface area contributed by atoms with Crippen molar-refractivity contribution in [1.29, 1.82) is 0 Å². The quantitative estimate of drug-likeness (QED) is 0.760. The van der Waals surface area contributed by atoms with Gasteiger partial charge in [0.15, 0.2) is 0 Å². The maximum absolute atomic E-state index is 12.6. The number of nitrogens with zero attached hydrogens (tertiary/aromatic N) is 1. The molecule has 0 spiro atoms. The number of benzene rings is 1. The van der Waals surface area contributed by atoms with Crippen molar-refractivity contribution < 1.29 is 5.11 Å². The number of hydrogen-bond donors (Lipinski definition) is 1. The second-order valence-electron chi connectivity index (χ2n) is 4.37. The van der Waals surface area contributed by atoms with E-state index in [1.54, 1.807) is 10.6 Å². The molecule has 2 aromatic heterocycles. The molecule has 3 aromatic rings. The third kappa shape index (κ3) is 1.94. The van der Waals surface area contributed by atoms with Gasteiger partial charge >= 0.3 is 0 Å². The monoisotopic (exact) mass is 251 g/mol. The summed E-state index contributed by atoms with van der Waals surface area (Å²) in [6.07, 6.45) is 1.74. The van der Waals surface area contributed by atoms with Gasteiger partial charge in [0.05, 0.1) is 12.2 Å². The van der Waals surface area contributed by atoms with Crippen molar-refractivity contribution >= 4 is 5.52 Å². The summed E-state index contributed by atoms with van der Waals surface area (Å²) < 4.78 is 1.60. The molecule has 0 amide bonds. The molecule has 3 rings (SSSR count). The number of pyridine rings is 2. The summed E-state index contributed by atoms with van der Waals surface area (Å²) in [6, 6.07) is 16.8. The van der Waals surface area contributed by atoms with Gasteiger partial charge in [0.25, 0.3) is 5.56 Å². The smallest absolute Gasteiger partial charge is 0.263 e. The Morgan fingerprint density at radius 2 is 1.74 bits per heavy atom. The van der Waals surface area contributed by atoms with Crippen molar-refractivity contribution in [1.82, 2.24) is 4.40 Å². The van der Waals surface area contributed by atoms with Crippen molar-refractivity contribution in [2.75, 3.05) is 0 Å². The molecule has 0 radical (unpaired) electrons. The molecule has 2 heterocycles. The molecule has 94 valence electrons. The van der Waals surface area contributed by atoms with E-state index in [9.17, 15) is 9.90 Å². The van der Waals surface area contributed by atoms with E-state index in [0.29, 0.717) is 11.1 Å². The van der Waals surface area contributed by atoms with Crippen molar-refractivity contribution in [2.45, 2.75) is 6.61 Å². The first-order valence-electron chi connectivity index (χ1n) is 6.11. The minimum Gasteiger partial charge on any atom is -0.392 e. The van der Waals surface area contributed by atoms with Crippen LogP contribution in [-0.4, -0.2) is 9.51 Å². The van der Waals surface area contributed by atoms with E-state index in [1.807, 2.05) is 54.6 Å². The molecule has 0 unspecified atom stereocenters. The molecule has 0 saturated heterocycles. The van der Waals surface area contributed by atoms with Crippen molar-refractivity contribution in [3.8, 4) is 11.1 Å². The van der Waals surface area contributed by atoms with Crippen molar-refractivity contribution in [3.05, 3.63) is 76.7 Å². The van der Waals surface area contributed by atoms with E-state index in [4.69, 9.17) is 0 Å². The normalized spacial score (nSPS) is 10.8. The number of hydrogen-bond acceptors (Lipinski definition) is 2. The maximum atomic E-state index is 12.6. The molecule has 0 aliphatic carbocycles. The lowest BCUT2D eigenvalue weighted by atomic mass is 10.0. The first-order valence-corrected chi connectivity index (χ1v) is 6.11. The molecule has 0 atom stereocenters. The standard InChI is InChI=1S/C16H13NO2/c18-11-13-10-14-8-4-5-9-17(14)16(19)15(13)12-6-2-1-3-7-12/h1-10,18H,11H2. The van der Waals surface area contributed by atoms with E-state index in [1.165, 1.54) is 0 Å². The lowest BCUT2D eigenvalue weighted by Gasteiger charge is -2.10. The van der Waals surface area contributed by atoms with E-state index < -0.39 is 0 Å². The topological polar surface area (TPSA) is 41.7 Å². The van der Waals surface area contributed by atoms with Gasteiger partial charge in [-0.15, -0.1) is 0 Å².